The molecule has 3 amide bonds. The first-order valence-corrected chi connectivity index (χ1v) is 12.9. The van der Waals surface area contributed by atoms with Crippen LogP contribution in [-0.4, -0.2) is 40.5 Å². The predicted octanol–water partition coefficient (Wildman–Crippen LogP) is 6.71. The number of methoxy groups -OCH3 is 1. The van der Waals surface area contributed by atoms with Gasteiger partial charge in [-0.25, -0.2) is 0 Å². The Balaban J connectivity index is 1.51. The number of benzene rings is 3. The fraction of sp³-hybridized carbons (Fsp3) is 0.179. The van der Waals surface area contributed by atoms with Gasteiger partial charge >= 0.3 is 11.9 Å². The van der Waals surface area contributed by atoms with Crippen molar-refractivity contribution in [3.63, 3.8) is 0 Å². The van der Waals surface area contributed by atoms with Crippen LogP contribution in [0.2, 0.25) is 0 Å². The molecule has 0 aliphatic carbocycles. The molecular weight excluding hydrogens is 579 g/mol. The smallest absolute Gasteiger partial charge is 0.416 e. The summed E-state index contributed by atoms with van der Waals surface area (Å²) in [5, 5.41) is 13.4. The lowest BCUT2D eigenvalue weighted by molar-refractivity contribution is -0.385. The molecule has 1 aliphatic heterocycles. The monoisotopic (exact) mass is 601 g/mol. The number of halogens is 3. The highest BCUT2D eigenvalue weighted by molar-refractivity contribution is 8.18. The lowest BCUT2D eigenvalue weighted by Crippen LogP contribution is -2.36. The van der Waals surface area contributed by atoms with E-state index in [4.69, 9.17) is 9.47 Å². The second-order valence-electron chi connectivity index (χ2n) is 9.14. The normalized spacial score (nSPS) is 14.3. The summed E-state index contributed by atoms with van der Waals surface area (Å²) in [7, 11) is 1.27. The van der Waals surface area contributed by atoms with E-state index in [0.29, 0.717) is 35.1 Å². The summed E-state index contributed by atoms with van der Waals surface area (Å²) in [5.74, 6) is -1.68. The third-order valence-electron chi connectivity index (χ3n) is 5.87. The van der Waals surface area contributed by atoms with Crippen molar-refractivity contribution in [3.8, 4) is 17.2 Å². The Hall–Kier alpha value is -4.85. The Morgan fingerprint density at radius 3 is 2.31 bits per heavy atom. The first-order valence-electron chi connectivity index (χ1n) is 12.1. The van der Waals surface area contributed by atoms with Gasteiger partial charge in [-0.1, -0.05) is 12.1 Å². The van der Waals surface area contributed by atoms with Crippen LogP contribution in [-0.2, 0) is 15.8 Å². The molecule has 0 spiro atoms. The van der Waals surface area contributed by atoms with Crippen molar-refractivity contribution in [3.05, 3.63) is 91.9 Å². The van der Waals surface area contributed by atoms with Crippen LogP contribution in [0.3, 0.4) is 0 Å². The predicted molar refractivity (Wildman–Crippen MR) is 148 cm³/mol. The summed E-state index contributed by atoms with van der Waals surface area (Å²) in [6.07, 6.45) is -3.40. The number of nitro groups is 1. The highest BCUT2D eigenvalue weighted by atomic mass is 32.2. The van der Waals surface area contributed by atoms with Crippen LogP contribution < -0.4 is 14.8 Å². The van der Waals surface area contributed by atoms with Crippen molar-refractivity contribution in [2.75, 3.05) is 19.0 Å². The molecule has 3 aromatic rings. The topological polar surface area (TPSA) is 128 Å². The minimum absolute atomic E-state index is 0.0355. The van der Waals surface area contributed by atoms with Crippen molar-refractivity contribution in [1.29, 1.82) is 0 Å². The summed E-state index contributed by atoms with van der Waals surface area (Å²) >= 11 is 0.638. The average Bonchev–Trinajstić information content (AvgIpc) is 3.15. The standard InChI is InChI=1S/C28H22F3N3O7S/c1-15-8-16(2)10-19(9-15)32-25(35)14-33-26(36)24(42-27(33)37)12-17-4-6-22(23(11-17)40-3)41-21-7-5-18(28(29,30)31)13-20(21)34(38)39/h4-13H,14H2,1-3H3,(H,32,35)/b24-12+. The minimum atomic E-state index is -4.78. The van der Waals surface area contributed by atoms with E-state index in [9.17, 15) is 37.7 Å². The zero-order chi connectivity index (χ0) is 30.8. The van der Waals surface area contributed by atoms with Crippen LogP contribution in [0.1, 0.15) is 22.3 Å². The summed E-state index contributed by atoms with van der Waals surface area (Å²) in [6, 6.07) is 11.5. The van der Waals surface area contributed by atoms with Crippen molar-refractivity contribution < 1.29 is 42.0 Å². The number of amides is 3. The molecule has 14 heteroatoms. The number of hydrogen-bond acceptors (Lipinski definition) is 8. The van der Waals surface area contributed by atoms with E-state index in [2.05, 4.69) is 5.32 Å². The molecule has 3 aromatic carbocycles. The zero-order valence-electron chi connectivity index (χ0n) is 22.3. The van der Waals surface area contributed by atoms with E-state index in [0.717, 1.165) is 22.1 Å². The van der Waals surface area contributed by atoms with Crippen molar-refractivity contribution in [2.45, 2.75) is 20.0 Å². The number of rotatable bonds is 8. The summed E-state index contributed by atoms with van der Waals surface area (Å²) < 4.78 is 49.8. The van der Waals surface area contributed by atoms with E-state index >= 15 is 0 Å². The van der Waals surface area contributed by atoms with Crippen LogP contribution in [0.5, 0.6) is 17.2 Å². The maximum Gasteiger partial charge on any atom is 0.416 e. The number of nitro benzene ring substituents is 1. The fourth-order valence-corrected chi connectivity index (χ4v) is 4.92. The highest BCUT2D eigenvalue weighted by Gasteiger charge is 2.36. The van der Waals surface area contributed by atoms with E-state index in [1.165, 1.54) is 31.4 Å². The molecule has 4 rings (SSSR count). The van der Waals surface area contributed by atoms with Gasteiger partial charge in [-0.2, -0.15) is 13.2 Å². The molecule has 10 nitrogen and oxygen atoms in total. The van der Waals surface area contributed by atoms with Gasteiger partial charge in [0.2, 0.25) is 11.7 Å². The Bertz CT molecular complexity index is 1620. The number of alkyl halides is 3. The highest BCUT2D eigenvalue weighted by Crippen LogP contribution is 2.41. The maximum atomic E-state index is 13.0. The maximum absolute atomic E-state index is 13.0. The number of carbonyl (C=O) groups excluding carboxylic acids is 3. The summed E-state index contributed by atoms with van der Waals surface area (Å²) in [6.45, 7) is 3.25. The first kappa shape index (κ1) is 30.1. The third-order valence-corrected chi connectivity index (χ3v) is 6.78. The van der Waals surface area contributed by atoms with Crippen molar-refractivity contribution in [1.82, 2.24) is 4.90 Å². The number of nitrogens with zero attached hydrogens (tertiary/aromatic N) is 2. The number of nitrogens with one attached hydrogen (secondary N) is 1. The molecule has 0 unspecified atom stereocenters. The van der Waals surface area contributed by atoms with E-state index in [1.54, 1.807) is 12.1 Å². The number of hydrogen-bond donors (Lipinski definition) is 1. The molecule has 1 saturated heterocycles. The number of carbonyl (C=O) groups is 3. The molecule has 0 atom stereocenters. The molecule has 0 radical (unpaired) electrons. The minimum Gasteiger partial charge on any atom is -0.493 e. The van der Waals surface area contributed by atoms with Crippen LogP contribution in [0, 0.1) is 24.0 Å². The van der Waals surface area contributed by atoms with Gasteiger partial charge in [-0.15, -0.1) is 0 Å². The third kappa shape index (κ3) is 6.89. The summed E-state index contributed by atoms with van der Waals surface area (Å²) in [5.41, 5.74) is 0.682. The fourth-order valence-electron chi connectivity index (χ4n) is 4.08. The Morgan fingerprint density at radius 1 is 1.02 bits per heavy atom. The van der Waals surface area contributed by atoms with Gasteiger partial charge in [0.05, 0.1) is 22.5 Å². The second-order valence-corrected chi connectivity index (χ2v) is 10.1. The SMILES string of the molecule is COc1cc(/C=C2/SC(=O)N(CC(=O)Nc3cc(C)cc(C)c3)C2=O)ccc1Oc1ccc(C(F)(F)F)cc1[N+](=O)[O-]. The van der Waals surface area contributed by atoms with Gasteiger partial charge in [0.15, 0.2) is 11.5 Å². The zero-order valence-corrected chi connectivity index (χ0v) is 23.1. The Labute approximate surface area is 241 Å². The van der Waals surface area contributed by atoms with Crippen molar-refractivity contribution in [2.24, 2.45) is 0 Å². The van der Waals surface area contributed by atoms with Crippen LogP contribution in [0.4, 0.5) is 29.3 Å². The first-order chi connectivity index (χ1) is 19.7. The lowest BCUT2D eigenvalue weighted by Gasteiger charge is -2.13. The molecular formula is C28H22F3N3O7S. The van der Waals surface area contributed by atoms with Crippen molar-refractivity contribution >= 4 is 46.3 Å². The van der Waals surface area contributed by atoms with Crippen LogP contribution in [0.25, 0.3) is 6.08 Å². The van der Waals surface area contributed by atoms with E-state index < -0.39 is 51.7 Å². The van der Waals surface area contributed by atoms with Gasteiger partial charge in [0, 0.05) is 11.8 Å². The van der Waals surface area contributed by atoms with E-state index in [1.807, 2.05) is 19.9 Å². The Morgan fingerprint density at radius 2 is 1.69 bits per heavy atom. The van der Waals surface area contributed by atoms with Gasteiger partial charge in [0.25, 0.3) is 11.1 Å². The molecule has 1 heterocycles. The number of ether oxygens (including phenoxy) is 2. The molecule has 218 valence electrons. The molecule has 42 heavy (non-hydrogen) atoms. The number of thioether (sulfide) groups is 1. The molecule has 1 fully saturated rings. The lowest BCUT2D eigenvalue weighted by atomic mass is 10.1. The molecule has 1 N–H and O–H groups in total. The molecule has 0 saturated carbocycles. The van der Waals surface area contributed by atoms with Gasteiger partial charge in [-0.3, -0.25) is 29.4 Å². The van der Waals surface area contributed by atoms with Gasteiger partial charge in [0.1, 0.15) is 6.54 Å². The number of aryl methyl sites for hydroxylation is 2. The summed E-state index contributed by atoms with van der Waals surface area (Å²) in [4.78, 5) is 49.2. The number of imide groups is 1. The average molecular weight is 602 g/mol. The molecule has 0 aromatic heterocycles. The second kappa shape index (κ2) is 11.9. The number of anilines is 1. The van der Waals surface area contributed by atoms with Crippen LogP contribution >= 0.6 is 11.8 Å². The van der Waals surface area contributed by atoms with Crippen LogP contribution in [0.15, 0.2) is 59.5 Å². The van der Waals surface area contributed by atoms with Gasteiger partial charge < -0.3 is 14.8 Å². The van der Waals surface area contributed by atoms with Gasteiger partial charge in [-0.05, 0) is 84.8 Å². The van der Waals surface area contributed by atoms with E-state index in [-0.39, 0.29) is 16.4 Å². The largest absolute Gasteiger partial charge is 0.493 e. The molecule has 1 aliphatic rings. The molecule has 0 bridgehead atoms. The quantitative estimate of drug-likeness (QED) is 0.172. The Kier molecular flexibility index (Phi) is 8.56.